The molecule has 144 valence electrons. The van der Waals surface area contributed by atoms with E-state index in [1.165, 1.54) is 16.9 Å². The average molecular weight is 386 g/mol. The molecule has 7 heteroatoms. The standard InChI is InChI=1S/C20H27N5OS/c1-13-2-3-16-15(10-13)11-17(27-16)20(26)24-7-4-14(5-8-24)19-23-22-18-12-21-6-9-25(18)19/h11,13-14,21H,2-10,12H2,1H3. The molecule has 27 heavy (non-hydrogen) atoms. The van der Waals surface area contributed by atoms with E-state index in [2.05, 4.69) is 33.1 Å². The fourth-order valence-corrected chi connectivity index (χ4v) is 5.90. The lowest BCUT2D eigenvalue weighted by molar-refractivity contribution is 0.0715. The molecular weight excluding hydrogens is 358 g/mol. The summed E-state index contributed by atoms with van der Waals surface area (Å²) in [7, 11) is 0. The van der Waals surface area contributed by atoms with E-state index >= 15 is 0 Å². The molecule has 1 fully saturated rings. The smallest absolute Gasteiger partial charge is 0.263 e. The number of hydrogen-bond donors (Lipinski definition) is 1. The van der Waals surface area contributed by atoms with Crippen LogP contribution in [0, 0.1) is 5.92 Å². The minimum Gasteiger partial charge on any atom is -0.338 e. The van der Waals surface area contributed by atoms with E-state index in [9.17, 15) is 4.79 Å². The number of aryl methyl sites for hydroxylation is 1. The lowest BCUT2D eigenvalue weighted by Crippen LogP contribution is -2.38. The lowest BCUT2D eigenvalue weighted by atomic mass is 9.90. The number of likely N-dealkylation sites (tertiary alicyclic amines) is 1. The number of rotatable bonds is 2. The molecule has 2 aromatic heterocycles. The molecule has 1 N–H and O–H groups in total. The largest absolute Gasteiger partial charge is 0.338 e. The fraction of sp³-hybridized carbons (Fsp3) is 0.650. The maximum Gasteiger partial charge on any atom is 0.263 e. The predicted molar refractivity (Wildman–Crippen MR) is 105 cm³/mol. The van der Waals surface area contributed by atoms with Crippen molar-refractivity contribution in [1.29, 1.82) is 0 Å². The van der Waals surface area contributed by atoms with Gasteiger partial charge in [0.15, 0.2) is 0 Å². The molecule has 2 aromatic rings. The van der Waals surface area contributed by atoms with Crippen LogP contribution in [0.1, 0.15) is 63.9 Å². The monoisotopic (exact) mass is 385 g/mol. The molecule has 2 aliphatic heterocycles. The topological polar surface area (TPSA) is 63.1 Å². The van der Waals surface area contributed by atoms with Gasteiger partial charge in [0.05, 0.1) is 11.4 Å². The molecule has 1 amide bonds. The van der Waals surface area contributed by atoms with Crippen LogP contribution in [-0.4, -0.2) is 45.2 Å². The van der Waals surface area contributed by atoms with Gasteiger partial charge >= 0.3 is 0 Å². The van der Waals surface area contributed by atoms with Crippen LogP contribution in [0.15, 0.2) is 6.07 Å². The Labute approximate surface area is 164 Å². The van der Waals surface area contributed by atoms with E-state index in [4.69, 9.17) is 0 Å². The second-order valence-electron chi connectivity index (χ2n) is 8.28. The molecule has 1 aliphatic carbocycles. The molecule has 1 unspecified atom stereocenters. The van der Waals surface area contributed by atoms with Crippen molar-refractivity contribution in [2.75, 3.05) is 19.6 Å². The highest BCUT2D eigenvalue weighted by Crippen LogP contribution is 2.34. The van der Waals surface area contributed by atoms with Gasteiger partial charge in [0, 0.05) is 37.0 Å². The maximum absolute atomic E-state index is 13.0. The summed E-state index contributed by atoms with van der Waals surface area (Å²) in [5, 5.41) is 12.2. The number of fused-ring (bicyclic) bond motifs is 2. The van der Waals surface area contributed by atoms with E-state index in [0.29, 0.717) is 5.92 Å². The molecule has 1 saturated heterocycles. The van der Waals surface area contributed by atoms with Crippen molar-refractivity contribution in [3.8, 4) is 0 Å². The van der Waals surface area contributed by atoms with Gasteiger partial charge in [-0.05, 0) is 49.7 Å². The van der Waals surface area contributed by atoms with Crippen LogP contribution in [0.3, 0.4) is 0 Å². The summed E-state index contributed by atoms with van der Waals surface area (Å²) < 4.78 is 2.28. The van der Waals surface area contributed by atoms with Crippen LogP contribution in [0.4, 0.5) is 0 Å². The Bertz CT molecular complexity index is 849. The second-order valence-corrected chi connectivity index (χ2v) is 9.41. The summed E-state index contributed by atoms with van der Waals surface area (Å²) in [6, 6.07) is 2.17. The zero-order valence-electron chi connectivity index (χ0n) is 15.9. The van der Waals surface area contributed by atoms with Crippen LogP contribution in [0.25, 0.3) is 0 Å². The van der Waals surface area contributed by atoms with Crippen LogP contribution >= 0.6 is 11.3 Å². The molecule has 1 atom stereocenters. The zero-order chi connectivity index (χ0) is 18.4. The van der Waals surface area contributed by atoms with E-state index in [1.807, 2.05) is 4.90 Å². The number of nitrogens with one attached hydrogen (secondary N) is 1. The first-order valence-electron chi connectivity index (χ1n) is 10.2. The van der Waals surface area contributed by atoms with Crippen LogP contribution in [-0.2, 0) is 25.9 Å². The number of carbonyl (C=O) groups is 1. The minimum absolute atomic E-state index is 0.230. The van der Waals surface area contributed by atoms with Crippen molar-refractivity contribution < 1.29 is 4.79 Å². The SMILES string of the molecule is CC1CCc2sc(C(=O)N3CCC(c4nnc5n4CCNC5)CC3)cc2C1. The summed E-state index contributed by atoms with van der Waals surface area (Å²) in [6.45, 7) is 6.71. The molecule has 0 saturated carbocycles. The molecule has 0 aromatic carbocycles. The van der Waals surface area contributed by atoms with Gasteiger partial charge in [-0.2, -0.15) is 0 Å². The summed E-state index contributed by atoms with van der Waals surface area (Å²) in [5.41, 5.74) is 1.42. The van der Waals surface area contributed by atoms with E-state index in [0.717, 1.165) is 80.9 Å². The van der Waals surface area contributed by atoms with Gasteiger partial charge in [-0.25, -0.2) is 0 Å². The Morgan fingerprint density at radius 1 is 1.22 bits per heavy atom. The van der Waals surface area contributed by atoms with Crippen molar-refractivity contribution in [2.24, 2.45) is 5.92 Å². The Morgan fingerprint density at radius 3 is 2.93 bits per heavy atom. The number of thiophene rings is 1. The number of nitrogens with zero attached hydrogens (tertiary/aromatic N) is 4. The van der Waals surface area contributed by atoms with E-state index in [-0.39, 0.29) is 5.91 Å². The number of hydrogen-bond acceptors (Lipinski definition) is 5. The molecular formula is C20H27N5OS. The molecule has 0 bridgehead atoms. The molecule has 5 rings (SSSR count). The first-order valence-corrected chi connectivity index (χ1v) is 11.0. The van der Waals surface area contributed by atoms with E-state index in [1.54, 1.807) is 11.3 Å². The van der Waals surface area contributed by atoms with Crippen LogP contribution in [0.2, 0.25) is 0 Å². The molecule has 4 heterocycles. The summed E-state index contributed by atoms with van der Waals surface area (Å²) in [6.07, 6.45) is 5.50. The first-order chi connectivity index (χ1) is 13.2. The highest BCUT2D eigenvalue weighted by Gasteiger charge is 2.30. The fourth-order valence-electron chi connectivity index (χ4n) is 4.72. The average Bonchev–Trinajstić information content (AvgIpc) is 3.31. The maximum atomic E-state index is 13.0. The summed E-state index contributed by atoms with van der Waals surface area (Å²) in [4.78, 5) is 17.5. The van der Waals surface area contributed by atoms with Gasteiger partial charge in [0.2, 0.25) is 0 Å². The number of aromatic nitrogens is 3. The quantitative estimate of drug-likeness (QED) is 0.863. The highest BCUT2D eigenvalue weighted by atomic mass is 32.1. The number of amides is 1. The number of carbonyl (C=O) groups excluding carboxylic acids is 1. The van der Waals surface area contributed by atoms with Gasteiger partial charge < -0.3 is 14.8 Å². The Hall–Kier alpha value is -1.73. The molecule has 0 spiro atoms. The van der Waals surface area contributed by atoms with Gasteiger partial charge in [-0.15, -0.1) is 21.5 Å². The molecule has 6 nitrogen and oxygen atoms in total. The number of piperidine rings is 1. The molecule has 0 radical (unpaired) electrons. The van der Waals surface area contributed by atoms with Crippen molar-refractivity contribution in [3.05, 3.63) is 33.0 Å². The van der Waals surface area contributed by atoms with Crippen LogP contribution in [0.5, 0.6) is 0 Å². The third kappa shape index (κ3) is 3.21. The lowest BCUT2D eigenvalue weighted by Gasteiger charge is -2.31. The normalized spacial score (nSPS) is 23.1. The van der Waals surface area contributed by atoms with E-state index < -0.39 is 0 Å². The third-order valence-electron chi connectivity index (χ3n) is 6.34. The zero-order valence-corrected chi connectivity index (χ0v) is 16.7. The Kier molecular flexibility index (Phi) is 4.52. The van der Waals surface area contributed by atoms with Gasteiger partial charge in [0.25, 0.3) is 5.91 Å². The van der Waals surface area contributed by atoms with Crippen molar-refractivity contribution in [3.63, 3.8) is 0 Å². The second kappa shape index (κ2) is 7.02. The predicted octanol–water partition coefficient (Wildman–Crippen LogP) is 2.59. The highest BCUT2D eigenvalue weighted by molar-refractivity contribution is 7.14. The van der Waals surface area contributed by atoms with Gasteiger partial charge in [-0.3, -0.25) is 4.79 Å². The summed E-state index contributed by atoms with van der Waals surface area (Å²) >= 11 is 1.73. The van der Waals surface area contributed by atoms with Crippen molar-refractivity contribution in [1.82, 2.24) is 25.0 Å². The first kappa shape index (κ1) is 17.4. The third-order valence-corrected chi connectivity index (χ3v) is 7.56. The van der Waals surface area contributed by atoms with Crippen molar-refractivity contribution in [2.45, 2.75) is 58.0 Å². The summed E-state index contributed by atoms with van der Waals surface area (Å²) in [5.74, 6) is 3.57. The minimum atomic E-state index is 0.230. The van der Waals surface area contributed by atoms with Gasteiger partial charge in [0.1, 0.15) is 11.6 Å². The van der Waals surface area contributed by atoms with Gasteiger partial charge in [-0.1, -0.05) is 6.92 Å². The Morgan fingerprint density at radius 2 is 2.07 bits per heavy atom. The molecule has 3 aliphatic rings. The Balaban J connectivity index is 1.25. The van der Waals surface area contributed by atoms with Crippen LogP contribution < -0.4 is 5.32 Å². The van der Waals surface area contributed by atoms with Crippen molar-refractivity contribution >= 4 is 17.2 Å².